The second-order valence-electron chi connectivity index (χ2n) is 5.19. The molecule has 1 fully saturated rings. The standard InChI is InChI=1S/C14H22N4O/c1-17(2)8-5-16-13-9-12(10-15-11-13)14(19)18-6-3-4-7-18/h9-11,16H,3-8H2,1-2H3. The molecule has 0 aliphatic carbocycles. The average Bonchev–Trinajstić information content (AvgIpc) is 2.91. The van der Waals surface area contributed by atoms with Crippen LogP contribution in [0.2, 0.25) is 0 Å². The summed E-state index contributed by atoms with van der Waals surface area (Å²) in [6, 6.07) is 1.89. The molecule has 5 nitrogen and oxygen atoms in total. The first-order chi connectivity index (χ1) is 9.16. The Hall–Kier alpha value is -1.62. The molecular weight excluding hydrogens is 240 g/mol. The number of nitrogens with one attached hydrogen (secondary N) is 1. The lowest BCUT2D eigenvalue weighted by Crippen LogP contribution is -2.27. The van der Waals surface area contributed by atoms with E-state index in [0.29, 0.717) is 5.56 Å². The summed E-state index contributed by atoms with van der Waals surface area (Å²) in [6.07, 6.45) is 5.63. The number of carbonyl (C=O) groups is 1. The third kappa shape index (κ3) is 3.92. The van der Waals surface area contributed by atoms with Gasteiger partial charge in [-0.2, -0.15) is 0 Å². The van der Waals surface area contributed by atoms with Crippen LogP contribution in [0.1, 0.15) is 23.2 Å². The average molecular weight is 262 g/mol. The summed E-state index contributed by atoms with van der Waals surface area (Å²) in [4.78, 5) is 20.4. The van der Waals surface area contributed by atoms with E-state index in [4.69, 9.17) is 0 Å². The molecule has 1 amide bonds. The summed E-state index contributed by atoms with van der Waals surface area (Å²) in [6.45, 7) is 3.54. The molecule has 0 spiro atoms. The summed E-state index contributed by atoms with van der Waals surface area (Å²) < 4.78 is 0. The van der Waals surface area contributed by atoms with Gasteiger partial charge >= 0.3 is 0 Å². The third-order valence-corrected chi connectivity index (χ3v) is 3.27. The Labute approximate surface area is 114 Å². The molecule has 1 N–H and O–H groups in total. The molecule has 0 saturated carbocycles. The molecule has 1 aromatic rings. The maximum atomic E-state index is 12.2. The minimum absolute atomic E-state index is 0.0984. The van der Waals surface area contributed by atoms with Gasteiger partial charge in [-0.05, 0) is 33.0 Å². The van der Waals surface area contributed by atoms with Gasteiger partial charge in [0, 0.05) is 38.6 Å². The molecule has 1 saturated heterocycles. The molecule has 1 aromatic heterocycles. The molecular formula is C14H22N4O. The number of rotatable bonds is 5. The normalized spacial score (nSPS) is 15.0. The van der Waals surface area contributed by atoms with Gasteiger partial charge in [-0.3, -0.25) is 9.78 Å². The minimum Gasteiger partial charge on any atom is -0.382 e. The van der Waals surface area contributed by atoms with Gasteiger partial charge in [-0.15, -0.1) is 0 Å². The van der Waals surface area contributed by atoms with Crippen molar-refractivity contribution in [3.05, 3.63) is 24.0 Å². The lowest BCUT2D eigenvalue weighted by Gasteiger charge is -2.16. The van der Waals surface area contributed by atoms with Crippen LogP contribution in [0.15, 0.2) is 18.5 Å². The number of nitrogens with zero attached hydrogens (tertiary/aromatic N) is 3. The zero-order valence-electron chi connectivity index (χ0n) is 11.7. The van der Waals surface area contributed by atoms with E-state index in [-0.39, 0.29) is 5.91 Å². The van der Waals surface area contributed by atoms with Gasteiger partial charge < -0.3 is 15.1 Å². The first kappa shape index (κ1) is 13.8. The van der Waals surface area contributed by atoms with Gasteiger partial charge in [0.1, 0.15) is 0 Å². The van der Waals surface area contributed by atoms with Crippen LogP contribution in [0.3, 0.4) is 0 Å². The van der Waals surface area contributed by atoms with Crippen LogP contribution in [-0.2, 0) is 0 Å². The van der Waals surface area contributed by atoms with Crippen molar-refractivity contribution in [2.45, 2.75) is 12.8 Å². The maximum absolute atomic E-state index is 12.2. The van der Waals surface area contributed by atoms with Crippen LogP contribution in [0.4, 0.5) is 5.69 Å². The summed E-state index contributed by atoms with van der Waals surface area (Å²) in [5.74, 6) is 0.0984. The number of amides is 1. The van der Waals surface area contributed by atoms with Gasteiger partial charge in [0.15, 0.2) is 0 Å². The molecule has 0 radical (unpaired) electrons. The minimum atomic E-state index is 0.0984. The Bertz CT molecular complexity index is 427. The Morgan fingerprint density at radius 3 is 2.79 bits per heavy atom. The molecule has 2 heterocycles. The topological polar surface area (TPSA) is 48.5 Å². The van der Waals surface area contributed by atoms with E-state index in [0.717, 1.165) is 44.7 Å². The molecule has 0 atom stereocenters. The molecule has 1 aliphatic rings. The quantitative estimate of drug-likeness (QED) is 0.868. The maximum Gasteiger partial charge on any atom is 0.255 e. The highest BCUT2D eigenvalue weighted by Gasteiger charge is 2.19. The fourth-order valence-corrected chi connectivity index (χ4v) is 2.18. The highest BCUT2D eigenvalue weighted by atomic mass is 16.2. The fourth-order valence-electron chi connectivity index (χ4n) is 2.18. The largest absolute Gasteiger partial charge is 0.382 e. The number of hydrogen-bond acceptors (Lipinski definition) is 4. The summed E-state index contributed by atoms with van der Waals surface area (Å²) in [5, 5.41) is 3.29. The highest BCUT2D eigenvalue weighted by Crippen LogP contribution is 2.14. The van der Waals surface area contributed by atoms with Crippen molar-refractivity contribution in [2.24, 2.45) is 0 Å². The molecule has 0 unspecified atom stereocenters. The first-order valence-electron chi connectivity index (χ1n) is 6.80. The van der Waals surface area contributed by atoms with Gasteiger partial charge in [0.2, 0.25) is 0 Å². The second-order valence-corrected chi connectivity index (χ2v) is 5.19. The molecule has 1 aliphatic heterocycles. The van der Waals surface area contributed by atoms with E-state index < -0.39 is 0 Å². The van der Waals surface area contributed by atoms with Crippen LogP contribution < -0.4 is 5.32 Å². The van der Waals surface area contributed by atoms with E-state index in [1.165, 1.54) is 0 Å². The molecule has 0 aromatic carbocycles. The molecule has 19 heavy (non-hydrogen) atoms. The first-order valence-corrected chi connectivity index (χ1v) is 6.80. The number of pyridine rings is 1. The van der Waals surface area contributed by atoms with Crippen LogP contribution >= 0.6 is 0 Å². The Balaban J connectivity index is 1.96. The Morgan fingerprint density at radius 2 is 2.11 bits per heavy atom. The van der Waals surface area contributed by atoms with Crippen LogP contribution in [0.25, 0.3) is 0 Å². The van der Waals surface area contributed by atoms with E-state index in [1.54, 1.807) is 12.4 Å². The van der Waals surface area contributed by atoms with Crippen molar-refractivity contribution in [3.63, 3.8) is 0 Å². The number of aromatic nitrogens is 1. The fraction of sp³-hybridized carbons (Fsp3) is 0.571. The number of likely N-dealkylation sites (tertiary alicyclic amines) is 1. The highest BCUT2D eigenvalue weighted by molar-refractivity contribution is 5.94. The van der Waals surface area contributed by atoms with Crippen molar-refractivity contribution in [1.82, 2.24) is 14.8 Å². The zero-order chi connectivity index (χ0) is 13.7. The number of hydrogen-bond donors (Lipinski definition) is 1. The van der Waals surface area contributed by atoms with Gasteiger partial charge in [0.25, 0.3) is 5.91 Å². The lowest BCUT2D eigenvalue weighted by molar-refractivity contribution is 0.0792. The number of anilines is 1. The Kier molecular flexibility index (Phi) is 4.74. The van der Waals surface area contributed by atoms with E-state index >= 15 is 0 Å². The smallest absolute Gasteiger partial charge is 0.255 e. The SMILES string of the molecule is CN(C)CCNc1cncc(C(=O)N2CCCC2)c1. The molecule has 104 valence electrons. The summed E-state index contributed by atoms with van der Waals surface area (Å²) in [5.41, 5.74) is 1.59. The van der Waals surface area contributed by atoms with Gasteiger partial charge in [0.05, 0.1) is 11.3 Å². The van der Waals surface area contributed by atoms with Gasteiger partial charge in [-0.1, -0.05) is 0 Å². The third-order valence-electron chi connectivity index (χ3n) is 3.27. The van der Waals surface area contributed by atoms with Crippen molar-refractivity contribution < 1.29 is 4.79 Å². The van der Waals surface area contributed by atoms with Crippen LogP contribution in [0.5, 0.6) is 0 Å². The van der Waals surface area contributed by atoms with Crippen molar-refractivity contribution in [1.29, 1.82) is 0 Å². The molecule has 5 heteroatoms. The predicted octanol–water partition coefficient (Wildman–Crippen LogP) is 1.29. The van der Waals surface area contributed by atoms with Crippen molar-refractivity contribution >= 4 is 11.6 Å². The van der Waals surface area contributed by atoms with E-state index in [2.05, 4.69) is 15.2 Å². The summed E-state index contributed by atoms with van der Waals surface area (Å²) in [7, 11) is 4.07. The second kappa shape index (κ2) is 6.52. The van der Waals surface area contributed by atoms with Gasteiger partial charge in [-0.25, -0.2) is 0 Å². The van der Waals surface area contributed by atoms with Crippen LogP contribution in [0, 0.1) is 0 Å². The monoisotopic (exact) mass is 262 g/mol. The zero-order valence-corrected chi connectivity index (χ0v) is 11.7. The van der Waals surface area contributed by atoms with Crippen molar-refractivity contribution in [3.8, 4) is 0 Å². The molecule has 0 bridgehead atoms. The van der Waals surface area contributed by atoms with Crippen molar-refractivity contribution in [2.75, 3.05) is 45.6 Å². The lowest BCUT2D eigenvalue weighted by atomic mass is 10.2. The Morgan fingerprint density at radius 1 is 1.37 bits per heavy atom. The van der Waals surface area contributed by atoms with E-state index in [1.807, 2.05) is 25.1 Å². The van der Waals surface area contributed by atoms with E-state index in [9.17, 15) is 4.79 Å². The summed E-state index contributed by atoms with van der Waals surface area (Å²) >= 11 is 0. The molecule has 2 rings (SSSR count). The predicted molar refractivity (Wildman–Crippen MR) is 76.4 cm³/mol. The number of likely N-dealkylation sites (N-methyl/N-ethyl adjacent to an activating group) is 1. The van der Waals surface area contributed by atoms with Crippen LogP contribution in [-0.4, -0.2) is 61.0 Å². The number of carbonyl (C=O) groups excluding carboxylic acids is 1.